The molecular weight excluding hydrogens is 582 g/mol. The Labute approximate surface area is 218 Å². The predicted molar refractivity (Wildman–Crippen MR) is 139 cm³/mol. The van der Waals surface area contributed by atoms with Crippen molar-refractivity contribution in [3.63, 3.8) is 0 Å². The van der Waals surface area contributed by atoms with Crippen molar-refractivity contribution in [3.05, 3.63) is 96.4 Å². The number of hydrogen-bond acceptors (Lipinski definition) is 6. The molecule has 1 amide bonds. The smallest absolute Gasteiger partial charge is 0.269 e. The van der Waals surface area contributed by atoms with E-state index in [2.05, 4.69) is 37.2 Å². The zero-order valence-corrected chi connectivity index (χ0v) is 21.6. The van der Waals surface area contributed by atoms with Gasteiger partial charge in [-0.3, -0.25) is 14.9 Å². The molecule has 0 aliphatic rings. The van der Waals surface area contributed by atoms with Gasteiger partial charge in [-0.05, 0) is 70.4 Å². The Kier molecular flexibility index (Phi) is 9.00. The van der Waals surface area contributed by atoms with Crippen molar-refractivity contribution >= 4 is 55.2 Å². The summed E-state index contributed by atoms with van der Waals surface area (Å²) >= 11 is 6.80. The molecule has 0 aliphatic carbocycles. The van der Waals surface area contributed by atoms with Crippen molar-refractivity contribution in [1.29, 1.82) is 5.26 Å². The zero-order valence-electron chi connectivity index (χ0n) is 18.5. The summed E-state index contributed by atoms with van der Waals surface area (Å²) in [5.41, 5.74) is 1.59. The number of nitro benzene ring substituents is 1. The molecule has 3 rings (SSSR count). The van der Waals surface area contributed by atoms with Gasteiger partial charge in [-0.1, -0.05) is 34.1 Å². The topological polar surface area (TPSA) is 114 Å². The second-order valence-corrected chi connectivity index (χ2v) is 8.88. The van der Waals surface area contributed by atoms with Gasteiger partial charge in [0.25, 0.3) is 11.6 Å². The molecule has 178 valence electrons. The molecule has 0 spiro atoms. The van der Waals surface area contributed by atoms with E-state index < -0.39 is 10.8 Å². The number of amides is 1. The normalized spacial score (nSPS) is 10.9. The molecule has 3 aromatic rings. The monoisotopic (exact) mass is 599 g/mol. The lowest BCUT2D eigenvalue weighted by Gasteiger charge is -2.15. The summed E-state index contributed by atoms with van der Waals surface area (Å²) in [6.07, 6.45) is 1.45. The summed E-state index contributed by atoms with van der Waals surface area (Å²) in [5.74, 6) is 0.238. The van der Waals surface area contributed by atoms with Crippen LogP contribution in [-0.4, -0.2) is 17.4 Å². The van der Waals surface area contributed by atoms with E-state index >= 15 is 0 Å². The number of nitrogens with zero attached hydrogens (tertiary/aromatic N) is 2. The number of halogens is 2. The van der Waals surface area contributed by atoms with Crippen molar-refractivity contribution in [2.75, 3.05) is 11.9 Å². The average Bonchev–Trinajstić information content (AvgIpc) is 2.82. The van der Waals surface area contributed by atoms with Crippen LogP contribution in [0.3, 0.4) is 0 Å². The van der Waals surface area contributed by atoms with E-state index in [9.17, 15) is 20.2 Å². The minimum atomic E-state index is -0.550. The van der Waals surface area contributed by atoms with Crippen LogP contribution in [0.5, 0.6) is 11.5 Å². The highest BCUT2D eigenvalue weighted by molar-refractivity contribution is 9.10. The fourth-order valence-corrected chi connectivity index (χ4v) is 4.04. The molecule has 0 heterocycles. The lowest BCUT2D eigenvalue weighted by Crippen LogP contribution is -2.13. The predicted octanol–water partition coefficient (Wildman–Crippen LogP) is 6.64. The molecule has 0 bridgehead atoms. The van der Waals surface area contributed by atoms with Crippen molar-refractivity contribution in [3.8, 4) is 17.6 Å². The zero-order chi connectivity index (χ0) is 25.4. The highest BCUT2D eigenvalue weighted by atomic mass is 79.9. The molecule has 0 aliphatic heterocycles. The standard InChI is InChI=1S/C25H19Br2N3O5/c1-2-34-23-12-17(9-18(14-28)25(31)29-20-7-4-6-19(26)13-20)11-22(27)24(23)35-15-16-5-3-8-21(10-16)30(32)33/h3-13H,2,15H2,1H3,(H,29,31)/b18-9-. The van der Waals surface area contributed by atoms with Crippen molar-refractivity contribution < 1.29 is 19.2 Å². The highest BCUT2D eigenvalue weighted by Crippen LogP contribution is 2.38. The Morgan fingerprint density at radius 2 is 1.91 bits per heavy atom. The van der Waals surface area contributed by atoms with Crippen LogP contribution in [0.2, 0.25) is 0 Å². The molecule has 0 saturated carbocycles. The molecule has 0 unspecified atom stereocenters. The minimum absolute atomic E-state index is 0.0270. The van der Waals surface area contributed by atoms with Gasteiger partial charge >= 0.3 is 0 Å². The fourth-order valence-electron chi connectivity index (χ4n) is 3.07. The fraction of sp³-hybridized carbons (Fsp3) is 0.120. The number of carbonyl (C=O) groups excluding carboxylic acids is 1. The SMILES string of the molecule is CCOc1cc(/C=C(/C#N)C(=O)Nc2cccc(Br)c2)cc(Br)c1OCc1cccc([N+](=O)[O-])c1. The lowest BCUT2D eigenvalue weighted by molar-refractivity contribution is -0.384. The quantitative estimate of drug-likeness (QED) is 0.127. The first-order valence-corrected chi connectivity index (χ1v) is 11.9. The Bertz CT molecular complexity index is 1330. The molecule has 8 nitrogen and oxygen atoms in total. The summed E-state index contributed by atoms with van der Waals surface area (Å²) in [7, 11) is 0. The third-order valence-electron chi connectivity index (χ3n) is 4.59. The summed E-state index contributed by atoms with van der Waals surface area (Å²) in [4.78, 5) is 23.2. The molecule has 0 radical (unpaired) electrons. The van der Waals surface area contributed by atoms with Gasteiger partial charge < -0.3 is 14.8 Å². The Morgan fingerprint density at radius 1 is 1.14 bits per heavy atom. The summed E-state index contributed by atoms with van der Waals surface area (Å²) in [6.45, 7) is 2.24. The molecule has 0 fully saturated rings. The van der Waals surface area contributed by atoms with E-state index in [0.29, 0.717) is 39.4 Å². The first-order chi connectivity index (χ1) is 16.8. The van der Waals surface area contributed by atoms with Gasteiger partial charge in [-0.2, -0.15) is 5.26 Å². The van der Waals surface area contributed by atoms with Crippen LogP contribution in [0.15, 0.2) is 75.2 Å². The van der Waals surface area contributed by atoms with Crippen LogP contribution in [-0.2, 0) is 11.4 Å². The van der Waals surface area contributed by atoms with Crippen LogP contribution in [0.4, 0.5) is 11.4 Å². The molecule has 3 aromatic carbocycles. The number of rotatable bonds is 9. The lowest BCUT2D eigenvalue weighted by atomic mass is 10.1. The number of ether oxygens (including phenoxy) is 2. The van der Waals surface area contributed by atoms with E-state index in [1.807, 2.05) is 19.1 Å². The van der Waals surface area contributed by atoms with Crippen LogP contribution in [0, 0.1) is 21.4 Å². The van der Waals surface area contributed by atoms with Gasteiger partial charge in [0.05, 0.1) is 16.0 Å². The van der Waals surface area contributed by atoms with Crippen LogP contribution < -0.4 is 14.8 Å². The number of anilines is 1. The third-order valence-corrected chi connectivity index (χ3v) is 5.68. The maximum Gasteiger partial charge on any atom is 0.269 e. The number of hydrogen-bond donors (Lipinski definition) is 1. The number of nitriles is 1. The average molecular weight is 601 g/mol. The molecule has 1 N–H and O–H groups in total. The van der Waals surface area contributed by atoms with Crippen LogP contribution in [0.1, 0.15) is 18.1 Å². The van der Waals surface area contributed by atoms with Crippen molar-refractivity contribution in [1.82, 2.24) is 0 Å². The Hall–Kier alpha value is -3.68. The minimum Gasteiger partial charge on any atom is -0.490 e. The van der Waals surface area contributed by atoms with Gasteiger partial charge in [0, 0.05) is 22.3 Å². The number of carbonyl (C=O) groups is 1. The first kappa shape index (κ1) is 25.9. The van der Waals surface area contributed by atoms with E-state index in [-0.39, 0.29) is 17.9 Å². The first-order valence-electron chi connectivity index (χ1n) is 10.3. The van der Waals surface area contributed by atoms with E-state index in [0.717, 1.165) is 4.47 Å². The number of nitro groups is 1. The van der Waals surface area contributed by atoms with Gasteiger partial charge in [-0.15, -0.1) is 0 Å². The summed E-state index contributed by atoms with van der Waals surface area (Å²) in [5, 5.41) is 23.3. The molecule has 0 atom stereocenters. The number of nitrogens with one attached hydrogen (secondary N) is 1. The van der Waals surface area contributed by atoms with E-state index in [1.54, 1.807) is 42.5 Å². The summed E-state index contributed by atoms with van der Waals surface area (Å²) < 4.78 is 12.9. The maximum absolute atomic E-state index is 12.6. The molecule has 10 heteroatoms. The number of benzene rings is 3. The van der Waals surface area contributed by atoms with Crippen molar-refractivity contribution in [2.45, 2.75) is 13.5 Å². The highest BCUT2D eigenvalue weighted by Gasteiger charge is 2.15. The van der Waals surface area contributed by atoms with Gasteiger partial charge in [0.15, 0.2) is 11.5 Å². The second kappa shape index (κ2) is 12.1. The molecule has 0 aromatic heterocycles. The summed E-state index contributed by atoms with van der Waals surface area (Å²) in [6, 6.07) is 18.5. The Balaban J connectivity index is 1.85. The molecule has 0 saturated heterocycles. The third kappa shape index (κ3) is 7.15. The van der Waals surface area contributed by atoms with E-state index in [1.165, 1.54) is 18.2 Å². The maximum atomic E-state index is 12.6. The molecule has 35 heavy (non-hydrogen) atoms. The largest absolute Gasteiger partial charge is 0.490 e. The molecular formula is C25H19Br2N3O5. The van der Waals surface area contributed by atoms with Crippen LogP contribution >= 0.6 is 31.9 Å². The van der Waals surface area contributed by atoms with Crippen molar-refractivity contribution in [2.24, 2.45) is 0 Å². The van der Waals surface area contributed by atoms with Gasteiger partial charge in [0.1, 0.15) is 18.2 Å². The van der Waals surface area contributed by atoms with Gasteiger partial charge in [0.2, 0.25) is 0 Å². The number of non-ortho nitro benzene ring substituents is 1. The Morgan fingerprint density at radius 3 is 2.60 bits per heavy atom. The second-order valence-electron chi connectivity index (χ2n) is 7.11. The van der Waals surface area contributed by atoms with E-state index in [4.69, 9.17) is 9.47 Å². The van der Waals surface area contributed by atoms with Crippen LogP contribution in [0.25, 0.3) is 6.08 Å². The van der Waals surface area contributed by atoms with Gasteiger partial charge in [-0.25, -0.2) is 0 Å².